The SMILES string of the molecule is COCc1ccc(C2COCCN2Cc2ncnn2C(C)C)o1. The molecule has 1 aliphatic heterocycles. The minimum absolute atomic E-state index is 0.0895. The predicted octanol–water partition coefficient (Wildman–Crippen LogP) is 2.17. The summed E-state index contributed by atoms with van der Waals surface area (Å²) in [5.74, 6) is 2.71. The molecule has 1 fully saturated rings. The summed E-state index contributed by atoms with van der Waals surface area (Å²) in [6.07, 6.45) is 1.62. The van der Waals surface area contributed by atoms with Gasteiger partial charge >= 0.3 is 0 Å². The van der Waals surface area contributed by atoms with Gasteiger partial charge < -0.3 is 13.9 Å². The summed E-state index contributed by atoms with van der Waals surface area (Å²) in [5.41, 5.74) is 0. The first kappa shape index (κ1) is 16.2. The van der Waals surface area contributed by atoms with Crippen molar-refractivity contribution >= 4 is 0 Å². The smallest absolute Gasteiger partial charge is 0.141 e. The average Bonchev–Trinajstić information content (AvgIpc) is 3.18. The molecular formula is C16H24N4O3. The minimum Gasteiger partial charge on any atom is -0.462 e. The van der Waals surface area contributed by atoms with Gasteiger partial charge in [0, 0.05) is 19.7 Å². The first-order chi connectivity index (χ1) is 11.2. The number of furan rings is 1. The van der Waals surface area contributed by atoms with Gasteiger partial charge in [0.1, 0.15) is 30.3 Å². The molecule has 3 rings (SSSR count). The van der Waals surface area contributed by atoms with Crippen LogP contribution in [-0.2, 0) is 22.6 Å². The molecule has 0 saturated carbocycles. The van der Waals surface area contributed by atoms with Crippen molar-refractivity contribution in [1.82, 2.24) is 19.7 Å². The van der Waals surface area contributed by atoms with Gasteiger partial charge in [-0.25, -0.2) is 9.67 Å². The van der Waals surface area contributed by atoms with E-state index in [9.17, 15) is 0 Å². The second-order valence-corrected chi connectivity index (χ2v) is 6.01. The van der Waals surface area contributed by atoms with Crippen molar-refractivity contribution < 1.29 is 13.9 Å². The van der Waals surface area contributed by atoms with E-state index < -0.39 is 0 Å². The van der Waals surface area contributed by atoms with E-state index in [0.717, 1.165) is 37.0 Å². The van der Waals surface area contributed by atoms with Gasteiger partial charge in [-0.15, -0.1) is 0 Å². The normalized spacial score (nSPS) is 19.6. The van der Waals surface area contributed by atoms with Crippen molar-refractivity contribution in [2.75, 3.05) is 26.9 Å². The Morgan fingerprint density at radius 2 is 2.26 bits per heavy atom. The third-order valence-electron chi connectivity index (χ3n) is 4.02. The molecule has 1 unspecified atom stereocenters. The van der Waals surface area contributed by atoms with Gasteiger partial charge in [-0.2, -0.15) is 5.10 Å². The number of ether oxygens (including phenoxy) is 2. The average molecular weight is 320 g/mol. The quantitative estimate of drug-likeness (QED) is 0.813. The van der Waals surface area contributed by atoms with Crippen LogP contribution in [-0.4, -0.2) is 46.5 Å². The monoisotopic (exact) mass is 320 g/mol. The van der Waals surface area contributed by atoms with Gasteiger partial charge in [0.2, 0.25) is 0 Å². The van der Waals surface area contributed by atoms with Gasteiger partial charge in [-0.1, -0.05) is 0 Å². The topological polar surface area (TPSA) is 65.6 Å². The third kappa shape index (κ3) is 3.63. The highest BCUT2D eigenvalue weighted by molar-refractivity contribution is 5.11. The van der Waals surface area contributed by atoms with Crippen LogP contribution >= 0.6 is 0 Å². The summed E-state index contributed by atoms with van der Waals surface area (Å²) in [7, 11) is 1.66. The van der Waals surface area contributed by atoms with Crippen LogP contribution in [0.3, 0.4) is 0 Å². The fourth-order valence-electron chi connectivity index (χ4n) is 2.88. The third-order valence-corrected chi connectivity index (χ3v) is 4.02. The maximum atomic E-state index is 5.90. The molecule has 2 aromatic heterocycles. The Balaban J connectivity index is 1.76. The van der Waals surface area contributed by atoms with Crippen LogP contribution in [0.1, 0.15) is 43.3 Å². The predicted molar refractivity (Wildman–Crippen MR) is 83.8 cm³/mol. The molecule has 0 aromatic carbocycles. The molecule has 1 saturated heterocycles. The van der Waals surface area contributed by atoms with Gasteiger partial charge in [-0.3, -0.25) is 4.90 Å². The van der Waals surface area contributed by atoms with Crippen molar-refractivity contribution in [2.45, 2.75) is 39.1 Å². The highest BCUT2D eigenvalue weighted by atomic mass is 16.5. The van der Waals surface area contributed by atoms with Gasteiger partial charge in [0.15, 0.2) is 0 Å². The zero-order valence-electron chi connectivity index (χ0n) is 13.9. The largest absolute Gasteiger partial charge is 0.462 e. The molecule has 0 spiro atoms. The summed E-state index contributed by atoms with van der Waals surface area (Å²) < 4.78 is 18.6. The van der Waals surface area contributed by atoms with Crippen molar-refractivity contribution in [2.24, 2.45) is 0 Å². The molecule has 23 heavy (non-hydrogen) atoms. The van der Waals surface area contributed by atoms with Crippen molar-refractivity contribution in [3.8, 4) is 0 Å². The molecule has 0 aliphatic carbocycles. The second-order valence-electron chi connectivity index (χ2n) is 6.01. The summed E-state index contributed by atoms with van der Waals surface area (Å²) >= 11 is 0. The van der Waals surface area contributed by atoms with E-state index >= 15 is 0 Å². The van der Waals surface area contributed by atoms with Crippen molar-refractivity contribution in [3.05, 3.63) is 35.8 Å². The number of aromatic nitrogens is 3. The van der Waals surface area contributed by atoms with E-state index in [1.54, 1.807) is 13.4 Å². The number of hydrogen-bond donors (Lipinski definition) is 0. The van der Waals surface area contributed by atoms with Gasteiger partial charge in [0.05, 0.1) is 25.8 Å². The molecule has 0 N–H and O–H groups in total. The van der Waals surface area contributed by atoms with E-state index in [4.69, 9.17) is 13.9 Å². The molecule has 0 amide bonds. The van der Waals surface area contributed by atoms with E-state index in [0.29, 0.717) is 19.3 Å². The Morgan fingerprint density at radius 1 is 1.39 bits per heavy atom. The maximum Gasteiger partial charge on any atom is 0.141 e. The van der Waals surface area contributed by atoms with Crippen LogP contribution in [0.5, 0.6) is 0 Å². The van der Waals surface area contributed by atoms with Gasteiger partial charge in [-0.05, 0) is 26.0 Å². The number of nitrogens with zero attached hydrogens (tertiary/aromatic N) is 4. The van der Waals surface area contributed by atoms with Gasteiger partial charge in [0.25, 0.3) is 0 Å². The Bertz CT molecular complexity index is 622. The number of morpholine rings is 1. The lowest BCUT2D eigenvalue weighted by atomic mass is 10.1. The molecule has 2 aromatic rings. The molecule has 0 radical (unpaired) electrons. The lowest BCUT2D eigenvalue weighted by molar-refractivity contribution is -0.0228. The van der Waals surface area contributed by atoms with E-state index in [2.05, 4.69) is 28.8 Å². The number of hydrogen-bond acceptors (Lipinski definition) is 6. The maximum absolute atomic E-state index is 5.90. The molecule has 126 valence electrons. The van der Waals surface area contributed by atoms with Crippen LogP contribution in [0, 0.1) is 0 Å². The fourth-order valence-corrected chi connectivity index (χ4v) is 2.88. The molecule has 7 heteroatoms. The summed E-state index contributed by atoms with van der Waals surface area (Å²) in [6, 6.07) is 4.35. The van der Waals surface area contributed by atoms with Crippen molar-refractivity contribution in [3.63, 3.8) is 0 Å². The second kappa shape index (κ2) is 7.25. The molecule has 1 aliphatic rings. The summed E-state index contributed by atoms with van der Waals surface area (Å²) in [6.45, 7) is 7.61. The zero-order chi connectivity index (χ0) is 16.2. The Morgan fingerprint density at radius 3 is 3.04 bits per heavy atom. The number of methoxy groups -OCH3 is 1. The standard InChI is InChI=1S/C16H24N4O3/c1-12(2)20-16(17-11-18-20)8-19-6-7-22-10-14(19)15-5-4-13(23-15)9-21-3/h4-5,11-12,14H,6-10H2,1-3H3. The fraction of sp³-hybridized carbons (Fsp3) is 0.625. The first-order valence-corrected chi connectivity index (χ1v) is 7.96. The first-order valence-electron chi connectivity index (χ1n) is 7.96. The Kier molecular flexibility index (Phi) is 5.09. The molecule has 3 heterocycles. The van der Waals surface area contributed by atoms with Crippen LogP contribution < -0.4 is 0 Å². The number of rotatable bonds is 6. The minimum atomic E-state index is 0.0895. The highest BCUT2D eigenvalue weighted by Crippen LogP contribution is 2.27. The Labute approximate surface area is 136 Å². The lowest BCUT2D eigenvalue weighted by Gasteiger charge is -2.34. The van der Waals surface area contributed by atoms with E-state index in [-0.39, 0.29) is 6.04 Å². The molecule has 1 atom stereocenters. The lowest BCUT2D eigenvalue weighted by Crippen LogP contribution is -2.39. The molecule has 0 bridgehead atoms. The summed E-state index contributed by atoms with van der Waals surface area (Å²) in [4.78, 5) is 6.75. The highest BCUT2D eigenvalue weighted by Gasteiger charge is 2.28. The summed E-state index contributed by atoms with van der Waals surface area (Å²) in [5, 5.41) is 4.32. The van der Waals surface area contributed by atoms with Crippen LogP contribution in [0.4, 0.5) is 0 Å². The van der Waals surface area contributed by atoms with Crippen LogP contribution in [0.2, 0.25) is 0 Å². The molecule has 7 nitrogen and oxygen atoms in total. The van der Waals surface area contributed by atoms with Crippen LogP contribution in [0.25, 0.3) is 0 Å². The van der Waals surface area contributed by atoms with Crippen LogP contribution in [0.15, 0.2) is 22.9 Å². The Hall–Kier alpha value is -1.70. The molecular weight excluding hydrogens is 296 g/mol. The van der Waals surface area contributed by atoms with Crippen molar-refractivity contribution in [1.29, 1.82) is 0 Å². The van der Waals surface area contributed by atoms with E-state index in [1.165, 1.54) is 0 Å². The zero-order valence-corrected chi connectivity index (χ0v) is 13.9. The van der Waals surface area contributed by atoms with E-state index in [1.807, 2.05) is 16.8 Å².